The molecule has 8 nitrogen and oxygen atoms in total. The van der Waals surface area contributed by atoms with Crippen molar-refractivity contribution in [2.75, 3.05) is 11.4 Å². The Morgan fingerprint density at radius 2 is 1.74 bits per heavy atom. The number of anilines is 1. The lowest BCUT2D eigenvalue weighted by Crippen LogP contribution is -2.37. The molecular weight excluding hydrogens is 450 g/mol. The van der Waals surface area contributed by atoms with Gasteiger partial charge in [0.2, 0.25) is 5.91 Å². The van der Waals surface area contributed by atoms with E-state index in [1.54, 1.807) is 30.3 Å². The van der Waals surface area contributed by atoms with E-state index >= 15 is 0 Å². The van der Waals surface area contributed by atoms with E-state index in [0.717, 1.165) is 11.4 Å². The second kappa shape index (κ2) is 9.40. The molecule has 0 bridgehead atoms. The normalized spacial score (nSPS) is 15.4. The van der Waals surface area contributed by atoms with Gasteiger partial charge in [0.25, 0.3) is 5.91 Å². The number of nitrogens with one attached hydrogen (secondary N) is 1. The number of benzene rings is 2. The maximum absolute atomic E-state index is 12.9. The minimum absolute atomic E-state index is 0.0403. The van der Waals surface area contributed by atoms with Gasteiger partial charge >= 0.3 is 0 Å². The molecule has 2 aromatic carbocycles. The van der Waals surface area contributed by atoms with Gasteiger partial charge in [0, 0.05) is 31.0 Å². The number of rotatable bonds is 6. The van der Waals surface area contributed by atoms with E-state index in [-0.39, 0.29) is 24.3 Å². The summed E-state index contributed by atoms with van der Waals surface area (Å²) in [7, 11) is 0. The fraction of sp³-hybridized carbons (Fsp3) is 0.160. The molecule has 1 atom stereocenters. The first-order valence-corrected chi connectivity index (χ1v) is 11.6. The SMILES string of the molecule is Cc1nc(-c2ncccn2)sc1C(=O)NC1CC(=O)N(c2ccc(Oc3ccccc3)cc2)C1. The van der Waals surface area contributed by atoms with Gasteiger partial charge in [0.05, 0.1) is 11.7 Å². The second-order valence-corrected chi connectivity index (χ2v) is 8.79. The summed E-state index contributed by atoms with van der Waals surface area (Å²) in [5, 5.41) is 3.57. The first-order chi connectivity index (χ1) is 16.6. The molecule has 34 heavy (non-hydrogen) atoms. The fourth-order valence-electron chi connectivity index (χ4n) is 3.74. The Kier molecular flexibility index (Phi) is 6.01. The predicted octanol–water partition coefficient (Wildman–Crippen LogP) is 4.24. The molecule has 3 heterocycles. The number of hydrogen-bond acceptors (Lipinski definition) is 7. The van der Waals surface area contributed by atoms with E-state index in [1.165, 1.54) is 11.3 Å². The Bertz CT molecular complexity index is 1310. The molecule has 9 heteroatoms. The molecule has 0 saturated carbocycles. The molecule has 1 unspecified atom stereocenters. The van der Waals surface area contributed by atoms with Crippen molar-refractivity contribution >= 4 is 28.8 Å². The molecule has 2 aromatic heterocycles. The van der Waals surface area contributed by atoms with Crippen LogP contribution in [0.5, 0.6) is 11.5 Å². The molecule has 2 amide bonds. The summed E-state index contributed by atoms with van der Waals surface area (Å²) in [6.45, 7) is 2.18. The minimum Gasteiger partial charge on any atom is -0.457 e. The minimum atomic E-state index is -0.293. The monoisotopic (exact) mass is 471 g/mol. The maximum atomic E-state index is 12.9. The Morgan fingerprint density at radius 1 is 1.03 bits per heavy atom. The third-order valence-corrected chi connectivity index (χ3v) is 6.50. The lowest BCUT2D eigenvalue weighted by atomic mass is 10.2. The number of para-hydroxylation sites is 1. The molecule has 170 valence electrons. The second-order valence-electron chi connectivity index (χ2n) is 7.79. The van der Waals surface area contributed by atoms with Crippen LogP contribution in [0.15, 0.2) is 73.1 Å². The van der Waals surface area contributed by atoms with E-state index in [0.29, 0.717) is 33.7 Å². The first-order valence-electron chi connectivity index (χ1n) is 10.8. The molecule has 1 aliphatic rings. The number of hydrogen-bond donors (Lipinski definition) is 1. The first kappa shape index (κ1) is 21.7. The summed E-state index contributed by atoms with van der Waals surface area (Å²) in [5.74, 6) is 1.63. The van der Waals surface area contributed by atoms with E-state index in [9.17, 15) is 9.59 Å². The summed E-state index contributed by atoms with van der Waals surface area (Å²) < 4.78 is 5.82. The summed E-state index contributed by atoms with van der Waals surface area (Å²) in [5.41, 5.74) is 1.37. The summed E-state index contributed by atoms with van der Waals surface area (Å²) in [4.78, 5) is 40.6. The third-order valence-electron chi connectivity index (χ3n) is 5.35. The highest BCUT2D eigenvalue weighted by Crippen LogP contribution is 2.28. The molecule has 5 rings (SSSR count). The number of nitrogens with zero attached hydrogens (tertiary/aromatic N) is 4. The maximum Gasteiger partial charge on any atom is 0.263 e. The molecule has 1 fully saturated rings. The molecule has 0 spiro atoms. The topological polar surface area (TPSA) is 97.3 Å². The molecule has 1 aliphatic heterocycles. The van der Waals surface area contributed by atoms with E-state index in [4.69, 9.17) is 4.74 Å². The van der Waals surface area contributed by atoms with Crippen molar-refractivity contribution in [3.63, 3.8) is 0 Å². The molecule has 1 saturated heterocycles. The number of aryl methyl sites for hydroxylation is 1. The van der Waals surface area contributed by atoms with Crippen LogP contribution in [0.3, 0.4) is 0 Å². The van der Waals surface area contributed by atoms with E-state index in [2.05, 4.69) is 20.3 Å². The van der Waals surface area contributed by atoms with Crippen molar-refractivity contribution in [3.8, 4) is 22.3 Å². The number of carbonyl (C=O) groups is 2. The van der Waals surface area contributed by atoms with Crippen LogP contribution in [-0.2, 0) is 4.79 Å². The average molecular weight is 472 g/mol. The lowest BCUT2D eigenvalue weighted by Gasteiger charge is -2.17. The van der Waals surface area contributed by atoms with Crippen LogP contribution in [0.2, 0.25) is 0 Å². The van der Waals surface area contributed by atoms with Gasteiger partial charge in [-0.1, -0.05) is 18.2 Å². The summed E-state index contributed by atoms with van der Waals surface area (Å²) in [6, 6.07) is 18.3. The Hall–Kier alpha value is -4.11. The Morgan fingerprint density at radius 3 is 2.47 bits per heavy atom. The molecule has 0 radical (unpaired) electrons. The van der Waals surface area contributed by atoms with Gasteiger partial charge in [-0.25, -0.2) is 15.0 Å². The van der Waals surface area contributed by atoms with E-state index < -0.39 is 0 Å². The standard InChI is InChI=1S/C25H21N5O3S/c1-16-22(34-25(28-16)23-26-12-5-13-27-23)24(32)29-17-14-21(31)30(15-17)18-8-10-20(11-9-18)33-19-6-3-2-4-7-19/h2-13,17H,14-15H2,1H3,(H,29,32). The number of ether oxygens (including phenoxy) is 1. The van der Waals surface area contributed by atoms with Crippen LogP contribution >= 0.6 is 11.3 Å². The largest absolute Gasteiger partial charge is 0.457 e. The van der Waals surface area contributed by atoms with Gasteiger partial charge in [0.1, 0.15) is 16.4 Å². The predicted molar refractivity (Wildman–Crippen MR) is 129 cm³/mol. The average Bonchev–Trinajstić information content (AvgIpc) is 3.43. The highest BCUT2D eigenvalue weighted by molar-refractivity contribution is 7.17. The van der Waals surface area contributed by atoms with Crippen molar-refractivity contribution in [3.05, 3.63) is 83.6 Å². The number of aromatic nitrogens is 3. The number of amides is 2. The van der Waals surface area contributed by atoms with Gasteiger partial charge in [-0.2, -0.15) is 0 Å². The number of thiazole rings is 1. The van der Waals surface area contributed by atoms with Crippen LogP contribution in [0.4, 0.5) is 5.69 Å². The van der Waals surface area contributed by atoms with Crippen LogP contribution in [0.1, 0.15) is 21.8 Å². The highest BCUT2D eigenvalue weighted by Gasteiger charge is 2.32. The van der Waals surface area contributed by atoms with Crippen LogP contribution in [-0.4, -0.2) is 39.4 Å². The Balaban J connectivity index is 1.23. The lowest BCUT2D eigenvalue weighted by molar-refractivity contribution is -0.117. The van der Waals surface area contributed by atoms with Gasteiger partial charge in [-0.05, 0) is 49.4 Å². The zero-order valence-electron chi connectivity index (χ0n) is 18.3. The highest BCUT2D eigenvalue weighted by atomic mass is 32.1. The van der Waals surface area contributed by atoms with Gasteiger partial charge < -0.3 is 15.0 Å². The molecule has 1 N–H and O–H groups in total. The fourth-order valence-corrected chi connectivity index (χ4v) is 4.65. The zero-order chi connectivity index (χ0) is 23.5. The van der Waals surface area contributed by atoms with Crippen molar-refractivity contribution in [1.29, 1.82) is 0 Å². The number of carbonyl (C=O) groups excluding carboxylic acids is 2. The van der Waals surface area contributed by atoms with Crippen molar-refractivity contribution in [2.45, 2.75) is 19.4 Å². The van der Waals surface area contributed by atoms with Crippen molar-refractivity contribution < 1.29 is 14.3 Å². The molecule has 0 aliphatic carbocycles. The smallest absolute Gasteiger partial charge is 0.263 e. The van der Waals surface area contributed by atoms with Crippen LogP contribution in [0, 0.1) is 6.92 Å². The van der Waals surface area contributed by atoms with Crippen LogP contribution < -0.4 is 15.0 Å². The molecular formula is C25H21N5O3S. The van der Waals surface area contributed by atoms with Crippen LogP contribution in [0.25, 0.3) is 10.8 Å². The van der Waals surface area contributed by atoms with E-state index in [1.807, 2.05) is 54.6 Å². The quantitative estimate of drug-likeness (QED) is 0.452. The third kappa shape index (κ3) is 4.65. The van der Waals surface area contributed by atoms with Gasteiger partial charge in [-0.15, -0.1) is 11.3 Å². The summed E-state index contributed by atoms with van der Waals surface area (Å²) in [6.07, 6.45) is 3.51. The van der Waals surface area contributed by atoms with Crippen molar-refractivity contribution in [2.24, 2.45) is 0 Å². The van der Waals surface area contributed by atoms with Gasteiger partial charge in [0.15, 0.2) is 10.8 Å². The van der Waals surface area contributed by atoms with Crippen molar-refractivity contribution in [1.82, 2.24) is 20.3 Å². The summed E-state index contributed by atoms with van der Waals surface area (Å²) >= 11 is 1.24. The van der Waals surface area contributed by atoms with Gasteiger partial charge in [-0.3, -0.25) is 9.59 Å². The Labute approximate surface area is 200 Å². The molecule has 4 aromatic rings. The zero-order valence-corrected chi connectivity index (χ0v) is 19.2.